The van der Waals surface area contributed by atoms with Gasteiger partial charge in [0.2, 0.25) is 5.88 Å². The fraction of sp³-hybridized carbons (Fsp3) is 0.444. The summed E-state index contributed by atoms with van der Waals surface area (Å²) >= 11 is 1.96. The molecule has 0 unspecified atom stereocenters. The minimum Gasteiger partial charge on any atom is -0.389 e. The molecule has 3 aromatic rings. The number of hydrogen-bond acceptors (Lipinski definition) is 8. The maximum atomic E-state index is 10.8. The quantitative estimate of drug-likeness (QED) is 0.381. The van der Waals surface area contributed by atoms with Crippen molar-refractivity contribution in [2.75, 3.05) is 62.9 Å². The molecule has 1 atom stereocenters. The Balaban J connectivity index is 1.47. The molecule has 0 spiro atoms. The lowest BCUT2D eigenvalue weighted by molar-refractivity contribution is 0.00482. The van der Waals surface area contributed by atoms with Crippen LogP contribution in [0.1, 0.15) is 11.1 Å². The number of ether oxygens (including phenoxy) is 2. The zero-order chi connectivity index (χ0) is 24.3. The minimum absolute atomic E-state index is 0.268. The molecule has 2 aromatic carbocycles. The maximum Gasteiger partial charge on any atom is 0.232 e. The first-order valence-corrected chi connectivity index (χ1v) is 13.3. The summed E-state index contributed by atoms with van der Waals surface area (Å²) in [6.07, 6.45) is -0.620. The summed E-state index contributed by atoms with van der Waals surface area (Å²) in [5.74, 6) is 2.98. The highest BCUT2D eigenvalue weighted by atomic mass is 32.2. The standard InChI is InChI=1S/C27H35N3O4S/c1-32-15-12-29(18-24(31)21-33-20-22-8-4-2-5-9-22)19-25-26(23-10-6-3-7-11-23)28-34-27(25)30-13-16-35-17-14-30/h2-11,24,31H,12-21H2,1H3/t24-/m1/s1. The fourth-order valence-electron chi connectivity index (χ4n) is 4.20. The van der Waals surface area contributed by atoms with E-state index in [4.69, 9.17) is 14.0 Å². The van der Waals surface area contributed by atoms with Crippen LogP contribution >= 0.6 is 11.8 Å². The molecule has 1 fully saturated rings. The summed E-state index contributed by atoms with van der Waals surface area (Å²) in [6, 6.07) is 20.2. The first kappa shape index (κ1) is 25.7. The molecule has 1 aliphatic heterocycles. The van der Waals surface area contributed by atoms with Crippen molar-refractivity contribution in [3.05, 3.63) is 71.8 Å². The van der Waals surface area contributed by atoms with Gasteiger partial charge in [-0.1, -0.05) is 65.8 Å². The number of aliphatic hydroxyl groups excluding tert-OH is 1. The molecule has 2 heterocycles. The van der Waals surface area contributed by atoms with Crippen molar-refractivity contribution in [2.24, 2.45) is 0 Å². The van der Waals surface area contributed by atoms with Crippen molar-refractivity contribution < 1.29 is 19.1 Å². The Labute approximate surface area is 212 Å². The lowest BCUT2D eigenvalue weighted by atomic mass is 10.1. The van der Waals surface area contributed by atoms with Crippen LogP contribution in [0.15, 0.2) is 65.2 Å². The largest absolute Gasteiger partial charge is 0.389 e. The van der Waals surface area contributed by atoms with E-state index in [1.54, 1.807) is 7.11 Å². The summed E-state index contributed by atoms with van der Waals surface area (Å²) in [6.45, 7) is 4.95. The second-order valence-corrected chi connectivity index (χ2v) is 9.89. The van der Waals surface area contributed by atoms with Gasteiger partial charge in [0.25, 0.3) is 0 Å². The molecule has 7 nitrogen and oxygen atoms in total. The van der Waals surface area contributed by atoms with E-state index in [9.17, 15) is 5.11 Å². The molecule has 0 saturated carbocycles. The molecule has 0 aliphatic carbocycles. The van der Waals surface area contributed by atoms with Gasteiger partial charge in [0.05, 0.1) is 31.5 Å². The van der Waals surface area contributed by atoms with Crippen LogP contribution in [-0.2, 0) is 22.6 Å². The van der Waals surface area contributed by atoms with Gasteiger partial charge in [-0.05, 0) is 5.56 Å². The monoisotopic (exact) mass is 497 g/mol. The Bertz CT molecular complexity index is 996. The van der Waals surface area contributed by atoms with E-state index >= 15 is 0 Å². The second kappa shape index (κ2) is 13.7. The van der Waals surface area contributed by atoms with Crippen molar-refractivity contribution in [1.82, 2.24) is 10.1 Å². The topological polar surface area (TPSA) is 71.2 Å². The molecule has 0 bridgehead atoms. The predicted octanol–water partition coefficient (Wildman–Crippen LogP) is 3.92. The van der Waals surface area contributed by atoms with Crippen LogP contribution in [0, 0.1) is 0 Å². The normalized spacial score (nSPS) is 15.0. The van der Waals surface area contributed by atoms with Gasteiger partial charge in [-0.15, -0.1) is 0 Å². The second-order valence-electron chi connectivity index (χ2n) is 8.66. The van der Waals surface area contributed by atoms with E-state index in [-0.39, 0.29) is 6.61 Å². The summed E-state index contributed by atoms with van der Waals surface area (Å²) in [4.78, 5) is 4.49. The van der Waals surface area contributed by atoms with Gasteiger partial charge in [0, 0.05) is 56.9 Å². The Kier molecular flexibility index (Phi) is 10.0. The minimum atomic E-state index is -0.620. The Hall–Kier alpha value is -2.36. The van der Waals surface area contributed by atoms with Crippen LogP contribution in [0.2, 0.25) is 0 Å². The first-order valence-electron chi connectivity index (χ1n) is 12.1. The average Bonchev–Trinajstić information content (AvgIpc) is 3.32. The van der Waals surface area contributed by atoms with Crippen molar-refractivity contribution in [3.8, 4) is 11.3 Å². The van der Waals surface area contributed by atoms with Gasteiger partial charge in [-0.3, -0.25) is 4.90 Å². The van der Waals surface area contributed by atoms with Crippen molar-refractivity contribution in [1.29, 1.82) is 0 Å². The van der Waals surface area contributed by atoms with Crippen molar-refractivity contribution in [3.63, 3.8) is 0 Å². The SMILES string of the molecule is COCCN(Cc1c(-c2ccccc2)noc1N1CCSCC1)C[C@@H](O)COCc1ccccc1. The van der Waals surface area contributed by atoms with Crippen LogP contribution in [0.5, 0.6) is 0 Å². The molecule has 1 aliphatic rings. The van der Waals surface area contributed by atoms with Gasteiger partial charge in [0.1, 0.15) is 5.69 Å². The number of nitrogens with zero attached hydrogens (tertiary/aromatic N) is 3. The van der Waals surface area contributed by atoms with Gasteiger partial charge in [-0.2, -0.15) is 11.8 Å². The van der Waals surface area contributed by atoms with E-state index in [1.165, 1.54) is 0 Å². The molecule has 1 aromatic heterocycles. The molecule has 35 heavy (non-hydrogen) atoms. The number of hydrogen-bond donors (Lipinski definition) is 1. The maximum absolute atomic E-state index is 10.8. The van der Waals surface area contributed by atoms with Crippen molar-refractivity contribution in [2.45, 2.75) is 19.3 Å². The van der Waals surface area contributed by atoms with E-state index in [2.05, 4.69) is 27.1 Å². The number of rotatable bonds is 13. The van der Waals surface area contributed by atoms with Gasteiger partial charge < -0.3 is 24.0 Å². The summed E-state index contributed by atoms with van der Waals surface area (Å²) in [5.41, 5.74) is 4.03. The number of aromatic nitrogens is 1. The molecule has 0 amide bonds. The summed E-state index contributed by atoms with van der Waals surface area (Å²) in [5, 5.41) is 15.3. The molecule has 1 saturated heterocycles. The van der Waals surface area contributed by atoms with Crippen LogP contribution in [0.4, 0.5) is 5.88 Å². The Morgan fingerprint density at radius 2 is 1.80 bits per heavy atom. The number of benzene rings is 2. The average molecular weight is 498 g/mol. The smallest absolute Gasteiger partial charge is 0.232 e. The zero-order valence-corrected chi connectivity index (χ0v) is 21.2. The van der Waals surface area contributed by atoms with Gasteiger partial charge >= 0.3 is 0 Å². The van der Waals surface area contributed by atoms with E-state index < -0.39 is 6.10 Å². The highest BCUT2D eigenvalue weighted by Crippen LogP contribution is 2.33. The Morgan fingerprint density at radius 3 is 2.51 bits per heavy atom. The third-order valence-corrected chi connectivity index (χ3v) is 6.94. The third kappa shape index (κ3) is 7.56. The summed E-state index contributed by atoms with van der Waals surface area (Å²) in [7, 11) is 1.70. The number of aliphatic hydroxyl groups is 1. The molecular weight excluding hydrogens is 462 g/mol. The van der Waals surface area contributed by atoms with Crippen molar-refractivity contribution >= 4 is 17.6 Å². The predicted molar refractivity (Wildman–Crippen MR) is 141 cm³/mol. The van der Waals surface area contributed by atoms with Crippen LogP contribution in [-0.4, -0.2) is 79.3 Å². The Morgan fingerprint density at radius 1 is 1.09 bits per heavy atom. The summed E-state index contributed by atoms with van der Waals surface area (Å²) < 4.78 is 17.1. The van der Waals surface area contributed by atoms with Gasteiger partial charge in [-0.25, -0.2) is 0 Å². The van der Waals surface area contributed by atoms with Crippen LogP contribution < -0.4 is 4.90 Å². The zero-order valence-electron chi connectivity index (χ0n) is 20.3. The number of methoxy groups -OCH3 is 1. The molecule has 188 valence electrons. The lowest BCUT2D eigenvalue weighted by Gasteiger charge is -2.29. The van der Waals surface area contributed by atoms with Crippen LogP contribution in [0.3, 0.4) is 0 Å². The molecular formula is C27H35N3O4S. The lowest BCUT2D eigenvalue weighted by Crippen LogP contribution is -2.37. The molecule has 8 heteroatoms. The highest BCUT2D eigenvalue weighted by Gasteiger charge is 2.26. The third-order valence-electron chi connectivity index (χ3n) is 6.00. The molecule has 0 radical (unpaired) electrons. The number of anilines is 1. The first-order chi connectivity index (χ1) is 17.2. The fourth-order valence-corrected chi connectivity index (χ4v) is 5.10. The highest BCUT2D eigenvalue weighted by molar-refractivity contribution is 7.99. The number of thioether (sulfide) groups is 1. The van der Waals surface area contributed by atoms with E-state index in [1.807, 2.05) is 60.3 Å². The molecule has 4 rings (SSSR count). The molecule has 1 N–H and O–H groups in total. The van der Waals surface area contributed by atoms with Gasteiger partial charge in [0.15, 0.2) is 0 Å². The van der Waals surface area contributed by atoms with Crippen LogP contribution in [0.25, 0.3) is 11.3 Å². The van der Waals surface area contributed by atoms with E-state index in [0.29, 0.717) is 32.8 Å². The van der Waals surface area contributed by atoms with E-state index in [0.717, 1.165) is 52.9 Å².